The maximum atomic E-state index is 12.5. The normalized spacial score (nSPS) is 18.0. The molecule has 1 unspecified atom stereocenters. The van der Waals surface area contributed by atoms with Crippen molar-refractivity contribution in [2.24, 2.45) is 4.99 Å². The average Bonchev–Trinajstić information content (AvgIpc) is 3.30. The van der Waals surface area contributed by atoms with Gasteiger partial charge in [-0.05, 0) is 18.1 Å². The average molecular weight is 509 g/mol. The van der Waals surface area contributed by atoms with Gasteiger partial charge >= 0.3 is 6.18 Å². The molecule has 2 aromatic heterocycles. The first-order valence-corrected chi connectivity index (χ1v) is 8.62. The molecule has 3 rings (SSSR count). The molecule has 0 aliphatic carbocycles. The Hall–Kier alpha value is -1.89. The van der Waals surface area contributed by atoms with Crippen LogP contribution in [0.1, 0.15) is 12.0 Å². The zero-order valence-corrected chi connectivity index (χ0v) is 17.7. The first-order valence-electron chi connectivity index (χ1n) is 8.62. The molecule has 0 saturated carbocycles. The maximum Gasteiger partial charge on any atom is 0.401 e. The Morgan fingerprint density at radius 2 is 2.18 bits per heavy atom. The van der Waals surface area contributed by atoms with Crippen LogP contribution >= 0.6 is 24.0 Å². The fraction of sp³-hybridized carbons (Fsp3) is 0.471. The highest BCUT2D eigenvalue weighted by atomic mass is 127. The Labute approximate surface area is 178 Å². The summed E-state index contributed by atoms with van der Waals surface area (Å²) >= 11 is 0. The van der Waals surface area contributed by atoms with E-state index in [1.165, 1.54) is 4.90 Å². The summed E-state index contributed by atoms with van der Waals surface area (Å²) in [5, 5.41) is 6.35. The van der Waals surface area contributed by atoms with Gasteiger partial charge in [0.25, 0.3) is 0 Å². The van der Waals surface area contributed by atoms with E-state index >= 15 is 0 Å². The highest BCUT2D eigenvalue weighted by Crippen LogP contribution is 2.19. The van der Waals surface area contributed by atoms with E-state index in [9.17, 15) is 13.2 Å². The summed E-state index contributed by atoms with van der Waals surface area (Å²) in [7, 11) is 1.64. The number of pyridine rings is 1. The predicted molar refractivity (Wildman–Crippen MR) is 111 cm³/mol. The third kappa shape index (κ3) is 6.62. The van der Waals surface area contributed by atoms with Crippen LogP contribution in [0.25, 0.3) is 5.82 Å². The summed E-state index contributed by atoms with van der Waals surface area (Å²) in [6.07, 6.45) is 3.43. The van der Waals surface area contributed by atoms with Crippen molar-refractivity contribution in [1.29, 1.82) is 0 Å². The van der Waals surface area contributed by atoms with Crippen molar-refractivity contribution in [3.05, 3.63) is 42.6 Å². The standard InChI is InChI=1S/C17H22F3N7.HI/c1-21-16(25-14-4-6-26(10-14)11-17(18,19)20)24-9-13-2-3-15(23-8-13)27-7-5-22-12-27;/h2-3,5,7-8,12,14H,4,6,9-11H2,1H3,(H2,21,24,25);1H. The van der Waals surface area contributed by atoms with E-state index in [2.05, 4.69) is 25.6 Å². The minimum atomic E-state index is -4.16. The highest BCUT2D eigenvalue weighted by Gasteiger charge is 2.34. The van der Waals surface area contributed by atoms with Gasteiger partial charge in [-0.25, -0.2) is 9.97 Å². The largest absolute Gasteiger partial charge is 0.401 e. The minimum absolute atomic E-state index is 0. The molecule has 0 amide bonds. The first kappa shape index (κ1) is 22.4. The molecule has 28 heavy (non-hydrogen) atoms. The van der Waals surface area contributed by atoms with Crippen LogP contribution < -0.4 is 10.6 Å². The molecule has 0 radical (unpaired) electrons. The summed E-state index contributed by atoms with van der Waals surface area (Å²) in [6, 6.07) is 3.78. The second-order valence-corrected chi connectivity index (χ2v) is 6.40. The number of aromatic nitrogens is 3. The maximum absolute atomic E-state index is 12.5. The fourth-order valence-electron chi connectivity index (χ4n) is 2.99. The Kier molecular flexibility index (Phi) is 8.04. The molecule has 3 heterocycles. The lowest BCUT2D eigenvalue weighted by molar-refractivity contribution is -0.143. The summed E-state index contributed by atoms with van der Waals surface area (Å²) in [4.78, 5) is 13.9. The molecule has 154 valence electrons. The minimum Gasteiger partial charge on any atom is -0.352 e. The fourth-order valence-corrected chi connectivity index (χ4v) is 2.99. The second-order valence-electron chi connectivity index (χ2n) is 6.40. The van der Waals surface area contributed by atoms with Crippen LogP contribution in [0.4, 0.5) is 13.2 Å². The number of hydrogen-bond donors (Lipinski definition) is 2. The quantitative estimate of drug-likeness (QED) is 0.368. The van der Waals surface area contributed by atoms with Crippen LogP contribution in [-0.4, -0.2) is 64.3 Å². The van der Waals surface area contributed by atoms with Crippen molar-refractivity contribution in [1.82, 2.24) is 30.1 Å². The van der Waals surface area contributed by atoms with Crippen LogP contribution in [0.15, 0.2) is 42.0 Å². The molecule has 0 spiro atoms. The number of nitrogens with zero attached hydrogens (tertiary/aromatic N) is 5. The number of imidazole rings is 1. The Bertz CT molecular complexity index is 747. The third-order valence-electron chi connectivity index (χ3n) is 4.28. The van der Waals surface area contributed by atoms with Crippen LogP contribution in [0, 0.1) is 0 Å². The number of nitrogens with one attached hydrogen (secondary N) is 2. The monoisotopic (exact) mass is 509 g/mol. The van der Waals surface area contributed by atoms with E-state index in [0.29, 0.717) is 32.0 Å². The van der Waals surface area contributed by atoms with E-state index in [1.54, 1.807) is 25.8 Å². The summed E-state index contributed by atoms with van der Waals surface area (Å²) in [6.45, 7) is 0.414. The van der Waals surface area contributed by atoms with Gasteiger partial charge in [-0.15, -0.1) is 24.0 Å². The van der Waals surface area contributed by atoms with Gasteiger partial charge in [-0.1, -0.05) is 6.07 Å². The molecule has 1 aliphatic heterocycles. The van der Waals surface area contributed by atoms with Gasteiger partial charge in [0.2, 0.25) is 0 Å². The number of likely N-dealkylation sites (tertiary alicyclic amines) is 1. The van der Waals surface area contributed by atoms with Crippen molar-refractivity contribution >= 4 is 29.9 Å². The number of halogens is 4. The van der Waals surface area contributed by atoms with Gasteiger partial charge in [0.1, 0.15) is 12.1 Å². The number of alkyl halides is 3. The molecular weight excluding hydrogens is 486 g/mol. The second kappa shape index (κ2) is 10.0. The molecule has 1 saturated heterocycles. The molecule has 2 N–H and O–H groups in total. The summed E-state index contributed by atoms with van der Waals surface area (Å²) < 4.78 is 39.3. The van der Waals surface area contributed by atoms with Crippen molar-refractivity contribution in [3.8, 4) is 5.82 Å². The topological polar surface area (TPSA) is 70.4 Å². The SMILES string of the molecule is CN=C(NCc1ccc(-n2ccnc2)nc1)NC1CCN(CC(F)(F)F)C1.I. The Morgan fingerprint density at radius 3 is 2.79 bits per heavy atom. The van der Waals surface area contributed by atoms with E-state index in [-0.39, 0.29) is 30.0 Å². The van der Waals surface area contributed by atoms with E-state index in [1.807, 2.05) is 22.9 Å². The van der Waals surface area contributed by atoms with E-state index < -0.39 is 12.7 Å². The van der Waals surface area contributed by atoms with Crippen molar-refractivity contribution in [2.75, 3.05) is 26.7 Å². The van der Waals surface area contributed by atoms with Crippen LogP contribution in [0.3, 0.4) is 0 Å². The smallest absolute Gasteiger partial charge is 0.352 e. The Morgan fingerprint density at radius 1 is 1.36 bits per heavy atom. The lowest BCUT2D eigenvalue weighted by Crippen LogP contribution is -2.44. The molecule has 1 fully saturated rings. The van der Waals surface area contributed by atoms with Crippen LogP contribution in [-0.2, 0) is 6.54 Å². The van der Waals surface area contributed by atoms with Crippen LogP contribution in [0.5, 0.6) is 0 Å². The van der Waals surface area contributed by atoms with Gasteiger partial charge < -0.3 is 10.6 Å². The zero-order chi connectivity index (χ0) is 19.3. The molecule has 11 heteroatoms. The van der Waals surface area contributed by atoms with Crippen molar-refractivity contribution in [3.63, 3.8) is 0 Å². The van der Waals surface area contributed by atoms with Gasteiger partial charge in [-0.2, -0.15) is 13.2 Å². The summed E-state index contributed by atoms with van der Waals surface area (Å²) in [5.41, 5.74) is 0.965. The van der Waals surface area contributed by atoms with Crippen molar-refractivity contribution < 1.29 is 13.2 Å². The zero-order valence-electron chi connectivity index (χ0n) is 15.4. The van der Waals surface area contributed by atoms with Crippen molar-refractivity contribution in [2.45, 2.75) is 25.2 Å². The third-order valence-corrected chi connectivity index (χ3v) is 4.28. The van der Waals surface area contributed by atoms with Gasteiger partial charge in [0.05, 0.1) is 6.54 Å². The van der Waals surface area contributed by atoms with Gasteiger partial charge in [-0.3, -0.25) is 14.5 Å². The number of aliphatic imine (C=N–C) groups is 1. The van der Waals surface area contributed by atoms with E-state index in [0.717, 1.165) is 11.4 Å². The first-order chi connectivity index (χ1) is 12.9. The Balaban J connectivity index is 0.00000280. The lowest BCUT2D eigenvalue weighted by atomic mass is 10.2. The van der Waals surface area contributed by atoms with Gasteiger partial charge in [0, 0.05) is 51.3 Å². The van der Waals surface area contributed by atoms with Gasteiger partial charge in [0.15, 0.2) is 5.96 Å². The lowest BCUT2D eigenvalue weighted by Gasteiger charge is -2.19. The molecule has 7 nitrogen and oxygen atoms in total. The molecule has 1 aliphatic rings. The molecule has 2 aromatic rings. The molecule has 1 atom stereocenters. The van der Waals surface area contributed by atoms with Crippen LogP contribution in [0.2, 0.25) is 0 Å². The molecular formula is C17H23F3IN7. The van der Waals surface area contributed by atoms with E-state index in [4.69, 9.17) is 0 Å². The number of guanidine groups is 1. The highest BCUT2D eigenvalue weighted by molar-refractivity contribution is 14.0. The number of rotatable bonds is 5. The summed E-state index contributed by atoms with van der Waals surface area (Å²) in [5.74, 6) is 1.34. The predicted octanol–water partition coefficient (Wildman–Crippen LogP) is 2.19. The molecule has 0 aromatic carbocycles. The number of hydrogen-bond acceptors (Lipinski definition) is 4. The molecule has 0 bridgehead atoms.